The predicted octanol–water partition coefficient (Wildman–Crippen LogP) is 5.04. The van der Waals surface area contributed by atoms with Crippen LogP contribution < -0.4 is 15.4 Å². The molecule has 8 heteroatoms. The van der Waals surface area contributed by atoms with Gasteiger partial charge >= 0.3 is 6.01 Å². The van der Waals surface area contributed by atoms with Crippen LogP contribution in [0, 0.1) is 10.8 Å². The maximum absolute atomic E-state index is 11.6. The van der Waals surface area contributed by atoms with Gasteiger partial charge in [0.2, 0.25) is 0 Å². The highest BCUT2D eigenvalue weighted by molar-refractivity contribution is 5.73. The number of nitroso groups, excluding NO2 is 1. The third kappa shape index (κ3) is 6.19. The lowest BCUT2D eigenvalue weighted by molar-refractivity contribution is 0.196. The Kier molecular flexibility index (Phi) is 8.10. The first-order valence-electron chi connectivity index (χ1n) is 12.3. The molecule has 0 bridgehead atoms. The molecule has 2 N–H and O–H groups in total. The van der Waals surface area contributed by atoms with Crippen LogP contribution in [0.15, 0.2) is 29.4 Å². The van der Waals surface area contributed by atoms with E-state index in [4.69, 9.17) is 10.5 Å². The zero-order valence-corrected chi connectivity index (χ0v) is 19.7. The fraction of sp³-hybridized carbons (Fsp3) is 0.600. The standard InChI is InChI=1S/C25H36N6O2/c1-2-31(17-21-12-8-11-20(15-21)16-30-13-6-7-14-30)24-22(29-32)23(26)27-25(28-24)33-18-19-9-4-3-5-10-19/h8,11-12,15,19H,2-7,9-10,13-14,16-18H2,1H3,(H2,26,27,28). The van der Waals surface area contributed by atoms with Crippen LogP contribution in [-0.2, 0) is 13.1 Å². The van der Waals surface area contributed by atoms with E-state index in [0.717, 1.165) is 12.1 Å². The summed E-state index contributed by atoms with van der Waals surface area (Å²) in [6, 6.07) is 8.84. The Labute approximate surface area is 196 Å². The van der Waals surface area contributed by atoms with Crippen molar-refractivity contribution in [2.75, 3.05) is 36.9 Å². The number of ether oxygens (including phenoxy) is 1. The number of aromatic nitrogens is 2. The molecule has 1 aromatic carbocycles. The second-order valence-corrected chi connectivity index (χ2v) is 9.29. The number of nitrogen functional groups attached to an aromatic ring is 1. The van der Waals surface area contributed by atoms with E-state index in [1.165, 1.54) is 63.6 Å². The second-order valence-electron chi connectivity index (χ2n) is 9.29. The first kappa shape index (κ1) is 23.4. The molecule has 0 unspecified atom stereocenters. The van der Waals surface area contributed by atoms with Gasteiger partial charge in [0.1, 0.15) is 0 Å². The molecule has 0 atom stereocenters. The molecule has 2 aliphatic rings. The predicted molar refractivity (Wildman–Crippen MR) is 132 cm³/mol. The molecule has 2 heterocycles. The molecular formula is C25H36N6O2. The van der Waals surface area contributed by atoms with Gasteiger partial charge in [-0.05, 0) is 67.9 Å². The molecule has 1 saturated heterocycles. The van der Waals surface area contributed by atoms with Gasteiger partial charge in [-0.3, -0.25) is 4.90 Å². The Hall–Kier alpha value is -2.74. The van der Waals surface area contributed by atoms with Crippen LogP contribution in [0.1, 0.15) is 63.0 Å². The highest BCUT2D eigenvalue weighted by atomic mass is 16.5. The Bertz CT molecular complexity index is 925. The summed E-state index contributed by atoms with van der Waals surface area (Å²) >= 11 is 0. The summed E-state index contributed by atoms with van der Waals surface area (Å²) in [5, 5.41) is 3.15. The molecule has 2 aromatic rings. The molecular weight excluding hydrogens is 416 g/mol. The third-order valence-electron chi connectivity index (χ3n) is 6.79. The minimum absolute atomic E-state index is 0.0647. The average Bonchev–Trinajstić information content (AvgIpc) is 3.35. The molecule has 33 heavy (non-hydrogen) atoms. The van der Waals surface area contributed by atoms with Crippen molar-refractivity contribution < 1.29 is 4.74 Å². The Morgan fingerprint density at radius 3 is 2.61 bits per heavy atom. The van der Waals surface area contributed by atoms with Crippen molar-refractivity contribution in [3.63, 3.8) is 0 Å². The summed E-state index contributed by atoms with van der Waals surface area (Å²) in [5.74, 6) is 1.02. The van der Waals surface area contributed by atoms with E-state index in [0.29, 0.717) is 31.4 Å². The van der Waals surface area contributed by atoms with Gasteiger partial charge in [0.15, 0.2) is 17.3 Å². The number of nitrogens with two attached hydrogens (primary N) is 1. The average molecular weight is 453 g/mol. The first-order valence-corrected chi connectivity index (χ1v) is 12.3. The van der Waals surface area contributed by atoms with E-state index in [2.05, 4.69) is 44.3 Å². The number of rotatable bonds is 10. The number of nitrogens with zero attached hydrogens (tertiary/aromatic N) is 5. The Balaban J connectivity index is 1.50. The van der Waals surface area contributed by atoms with E-state index < -0.39 is 0 Å². The summed E-state index contributed by atoms with van der Waals surface area (Å²) in [7, 11) is 0. The van der Waals surface area contributed by atoms with Crippen LogP contribution in [0.25, 0.3) is 0 Å². The molecule has 0 amide bonds. The summed E-state index contributed by atoms with van der Waals surface area (Å²) < 4.78 is 5.93. The number of benzene rings is 1. The molecule has 2 fully saturated rings. The monoisotopic (exact) mass is 452 g/mol. The van der Waals surface area contributed by atoms with Gasteiger partial charge in [-0.1, -0.05) is 43.5 Å². The highest BCUT2D eigenvalue weighted by Gasteiger charge is 2.21. The van der Waals surface area contributed by atoms with Gasteiger partial charge in [-0.2, -0.15) is 9.97 Å². The van der Waals surface area contributed by atoms with Gasteiger partial charge in [0.05, 0.1) is 6.61 Å². The van der Waals surface area contributed by atoms with Gasteiger partial charge in [0.25, 0.3) is 0 Å². The van der Waals surface area contributed by atoms with E-state index in [9.17, 15) is 4.91 Å². The zero-order valence-electron chi connectivity index (χ0n) is 19.7. The smallest absolute Gasteiger partial charge is 0.320 e. The van der Waals surface area contributed by atoms with Crippen molar-refractivity contribution in [1.29, 1.82) is 0 Å². The normalized spacial score (nSPS) is 17.2. The summed E-state index contributed by atoms with van der Waals surface area (Å²) in [5.41, 5.74) is 8.63. The van der Waals surface area contributed by atoms with Crippen LogP contribution in [0.3, 0.4) is 0 Å². The molecule has 0 radical (unpaired) electrons. The van der Waals surface area contributed by atoms with Gasteiger partial charge in [-0.15, -0.1) is 4.91 Å². The van der Waals surface area contributed by atoms with Crippen molar-refractivity contribution in [2.45, 2.75) is 65.0 Å². The lowest BCUT2D eigenvalue weighted by atomic mass is 9.90. The van der Waals surface area contributed by atoms with Gasteiger partial charge < -0.3 is 15.4 Å². The molecule has 8 nitrogen and oxygen atoms in total. The molecule has 1 aliphatic carbocycles. The lowest BCUT2D eigenvalue weighted by Gasteiger charge is -2.25. The topological polar surface area (TPSA) is 96.9 Å². The van der Waals surface area contributed by atoms with Crippen LogP contribution >= 0.6 is 0 Å². The van der Waals surface area contributed by atoms with Crippen molar-refractivity contribution >= 4 is 17.3 Å². The van der Waals surface area contributed by atoms with Crippen molar-refractivity contribution in [3.05, 3.63) is 40.3 Å². The molecule has 178 valence electrons. The zero-order chi connectivity index (χ0) is 23.0. The molecule has 0 spiro atoms. The maximum atomic E-state index is 11.6. The first-order chi connectivity index (χ1) is 16.2. The SMILES string of the molecule is CCN(Cc1cccc(CN2CCCC2)c1)c1nc(OCC2CCCCC2)nc(N)c1N=O. The Morgan fingerprint density at radius 1 is 1.12 bits per heavy atom. The van der Waals surface area contributed by atoms with Crippen molar-refractivity contribution in [2.24, 2.45) is 11.1 Å². The van der Waals surface area contributed by atoms with Crippen LogP contribution in [-0.4, -0.2) is 41.1 Å². The fourth-order valence-corrected chi connectivity index (χ4v) is 4.94. The molecule has 1 saturated carbocycles. The van der Waals surface area contributed by atoms with E-state index in [1.807, 2.05) is 11.8 Å². The quantitative estimate of drug-likeness (QED) is 0.504. The number of likely N-dealkylation sites (tertiary alicyclic amines) is 1. The largest absolute Gasteiger partial charge is 0.463 e. The third-order valence-corrected chi connectivity index (χ3v) is 6.79. The fourth-order valence-electron chi connectivity index (χ4n) is 4.94. The Morgan fingerprint density at radius 2 is 1.88 bits per heavy atom. The van der Waals surface area contributed by atoms with Crippen LogP contribution in [0.5, 0.6) is 6.01 Å². The van der Waals surface area contributed by atoms with Crippen molar-refractivity contribution in [3.8, 4) is 6.01 Å². The van der Waals surface area contributed by atoms with Gasteiger partial charge in [0, 0.05) is 19.6 Å². The minimum Gasteiger partial charge on any atom is -0.463 e. The summed E-state index contributed by atoms with van der Waals surface area (Å²) in [4.78, 5) is 24.9. The summed E-state index contributed by atoms with van der Waals surface area (Å²) in [6.07, 6.45) is 8.70. The maximum Gasteiger partial charge on any atom is 0.320 e. The van der Waals surface area contributed by atoms with Crippen LogP contribution in [0.2, 0.25) is 0 Å². The number of hydrogen-bond acceptors (Lipinski definition) is 8. The minimum atomic E-state index is 0.0647. The molecule has 1 aromatic heterocycles. The van der Waals surface area contributed by atoms with Crippen molar-refractivity contribution in [1.82, 2.24) is 14.9 Å². The number of anilines is 2. The highest BCUT2D eigenvalue weighted by Crippen LogP contribution is 2.34. The van der Waals surface area contributed by atoms with Gasteiger partial charge in [-0.25, -0.2) is 0 Å². The number of hydrogen-bond donors (Lipinski definition) is 1. The molecule has 4 rings (SSSR count). The van der Waals surface area contributed by atoms with Crippen LogP contribution in [0.4, 0.5) is 17.3 Å². The van der Waals surface area contributed by atoms with E-state index >= 15 is 0 Å². The van der Waals surface area contributed by atoms with E-state index in [1.54, 1.807) is 0 Å². The van der Waals surface area contributed by atoms with E-state index in [-0.39, 0.29) is 17.5 Å². The molecule has 1 aliphatic heterocycles. The lowest BCUT2D eigenvalue weighted by Crippen LogP contribution is -2.25. The second kappa shape index (κ2) is 11.4. The summed E-state index contributed by atoms with van der Waals surface area (Å²) in [6.45, 7) is 7.18.